The molecule has 1 saturated heterocycles. The van der Waals surface area contributed by atoms with E-state index in [0.717, 1.165) is 36.9 Å². The number of ether oxygens (including phenoxy) is 3. The van der Waals surface area contributed by atoms with Crippen molar-refractivity contribution in [3.63, 3.8) is 0 Å². The Morgan fingerprint density at radius 1 is 1.07 bits per heavy atom. The van der Waals surface area contributed by atoms with E-state index < -0.39 is 6.10 Å². The third-order valence-corrected chi connectivity index (χ3v) is 5.21. The number of nitrogens with one attached hydrogen (secondary N) is 1. The van der Waals surface area contributed by atoms with Crippen LogP contribution in [0.25, 0.3) is 0 Å². The molecule has 1 atom stereocenters. The number of hydrogen-bond acceptors (Lipinski definition) is 5. The molecule has 0 radical (unpaired) electrons. The molecule has 2 N–H and O–H groups in total. The van der Waals surface area contributed by atoms with Crippen LogP contribution in [0, 0.1) is 0 Å². The summed E-state index contributed by atoms with van der Waals surface area (Å²) in [5.74, 6) is 1.70. The van der Waals surface area contributed by atoms with Crippen LogP contribution in [0.5, 0.6) is 17.2 Å². The van der Waals surface area contributed by atoms with Crippen LogP contribution in [-0.2, 0) is 0 Å². The molecule has 0 spiro atoms. The van der Waals surface area contributed by atoms with Crippen LogP contribution in [0.3, 0.4) is 0 Å². The number of halogens is 1. The lowest BCUT2D eigenvalue weighted by molar-refractivity contribution is -0.903. The van der Waals surface area contributed by atoms with Gasteiger partial charge >= 0.3 is 0 Å². The van der Waals surface area contributed by atoms with Crippen LogP contribution in [-0.4, -0.2) is 64.8 Å². The minimum absolute atomic E-state index is 0.193. The summed E-state index contributed by atoms with van der Waals surface area (Å²) in [6.45, 7) is 4.62. The van der Waals surface area contributed by atoms with Gasteiger partial charge in [0.25, 0.3) is 0 Å². The second-order valence-electron chi connectivity index (χ2n) is 6.88. The summed E-state index contributed by atoms with van der Waals surface area (Å²) in [6, 6.07) is 13.4. The molecule has 0 saturated carbocycles. The van der Waals surface area contributed by atoms with E-state index in [-0.39, 0.29) is 6.61 Å². The van der Waals surface area contributed by atoms with E-state index in [4.69, 9.17) is 25.8 Å². The predicted octanol–water partition coefficient (Wildman–Crippen LogP) is 1.50. The number of para-hydroxylation sites is 1. The quantitative estimate of drug-likeness (QED) is 0.694. The first-order chi connectivity index (χ1) is 13.6. The average molecular weight is 408 g/mol. The lowest BCUT2D eigenvalue weighted by Crippen LogP contribution is -3.16. The van der Waals surface area contributed by atoms with E-state index in [1.807, 2.05) is 36.4 Å². The fraction of sp³-hybridized carbons (Fsp3) is 0.429. The highest BCUT2D eigenvalue weighted by molar-refractivity contribution is 6.30. The molecule has 0 amide bonds. The molecule has 2 aromatic carbocycles. The van der Waals surface area contributed by atoms with Crippen molar-refractivity contribution in [2.24, 2.45) is 0 Å². The molecular weight excluding hydrogens is 380 g/mol. The number of piperazine rings is 1. The van der Waals surface area contributed by atoms with Crippen molar-refractivity contribution in [2.75, 3.05) is 58.5 Å². The van der Waals surface area contributed by atoms with Crippen LogP contribution in [0.2, 0.25) is 5.02 Å². The van der Waals surface area contributed by atoms with Crippen molar-refractivity contribution in [1.82, 2.24) is 0 Å². The largest absolute Gasteiger partial charge is 0.493 e. The van der Waals surface area contributed by atoms with Gasteiger partial charge in [0.05, 0.1) is 40.4 Å². The van der Waals surface area contributed by atoms with E-state index in [1.165, 1.54) is 4.90 Å². The number of nitrogens with zero attached hydrogens (tertiary/aromatic N) is 1. The smallest absolute Gasteiger partial charge is 0.203 e. The first-order valence-electron chi connectivity index (χ1n) is 9.46. The zero-order valence-electron chi connectivity index (χ0n) is 16.4. The van der Waals surface area contributed by atoms with Crippen molar-refractivity contribution in [2.45, 2.75) is 6.10 Å². The van der Waals surface area contributed by atoms with Gasteiger partial charge < -0.3 is 29.1 Å². The Hall–Kier alpha value is -2.15. The molecule has 1 aliphatic rings. The highest BCUT2D eigenvalue weighted by Crippen LogP contribution is 2.36. The summed E-state index contributed by atoms with van der Waals surface area (Å²) in [6.07, 6.45) is -0.567. The maximum atomic E-state index is 10.5. The van der Waals surface area contributed by atoms with Gasteiger partial charge in [-0.1, -0.05) is 23.7 Å². The second kappa shape index (κ2) is 9.87. The van der Waals surface area contributed by atoms with Gasteiger partial charge in [0.1, 0.15) is 19.3 Å². The number of benzene rings is 2. The average Bonchev–Trinajstić information content (AvgIpc) is 2.72. The van der Waals surface area contributed by atoms with Crippen molar-refractivity contribution >= 4 is 17.3 Å². The lowest BCUT2D eigenvalue weighted by atomic mass is 10.2. The molecule has 6 nitrogen and oxygen atoms in total. The number of aliphatic hydroxyl groups excluding tert-OH is 1. The van der Waals surface area contributed by atoms with E-state index in [1.54, 1.807) is 14.2 Å². The predicted molar refractivity (Wildman–Crippen MR) is 110 cm³/mol. The summed E-state index contributed by atoms with van der Waals surface area (Å²) >= 11 is 6.09. The molecule has 3 rings (SSSR count). The minimum Gasteiger partial charge on any atom is -0.493 e. The monoisotopic (exact) mass is 407 g/mol. The molecule has 0 aromatic heterocycles. The highest BCUT2D eigenvalue weighted by Gasteiger charge is 2.23. The summed E-state index contributed by atoms with van der Waals surface area (Å²) in [5, 5.41) is 11.2. The summed E-state index contributed by atoms with van der Waals surface area (Å²) in [4.78, 5) is 3.69. The molecule has 0 bridgehead atoms. The molecule has 1 aliphatic heterocycles. The molecule has 0 unspecified atom stereocenters. The number of anilines is 1. The zero-order valence-corrected chi connectivity index (χ0v) is 17.1. The number of rotatable bonds is 8. The number of quaternary nitrogens is 1. The fourth-order valence-electron chi connectivity index (χ4n) is 3.49. The summed E-state index contributed by atoms with van der Waals surface area (Å²) in [5.41, 5.74) is 1.15. The Morgan fingerprint density at radius 2 is 1.71 bits per heavy atom. The molecule has 1 heterocycles. The van der Waals surface area contributed by atoms with Crippen LogP contribution in [0.1, 0.15) is 0 Å². The first kappa shape index (κ1) is 20.6. The van der Waals surface area contributed by atoms with Crippen molar-refractivity contribution in [3.05, 3.63) is 47.5 Å². The van der Waals surface area contributed by atoms with Crippen molar-refractivity contribution in [3.8, 4) is 17.2 Å². The number of hydrogen-bond donors (Lipinski definition) is 2. The standard InChI is InChI=1S/C21H27ClN2O4/c1-26-19-7-4-8-20(27-2)21(19)28-15-18(25)14-23-9-11-24(12-10-23)17-6-3-5-16(22)13-17/h3-8,13,18,25H,9-12,14-15H2,1-2H3/p+1/t18-/m0/s1. The Balaban J connectivity index is 1.48. The molecule has 7 heteroatoms. The van der Waals surface area contributed by atoms with Gasteiger partial charge in [-0.3, -0.25) is 0 Å². The minimum atomic E-state index is -0.567. The molecule has 28 heavy (non-hydrogen) atoms. The van der Waals surface area contributed by atoms with Crippen LogP contribution in [0.4, 0.5) is 5.69 Å². The SMILES string of the molecule is COc1cccc(OC)c1OC[C@@H](O)C[NH+]1CCN(c2cccc(Cl)c2)CC1. The maximum Gasteiger partial charge on any atom is 0.203 e. The molecule has 0 aliphatic carbocycles. The Kier molecular flexibility index (Phi) is 7.25. The third kappa shape index (κ3) is 5.22. The van der Waals surface area contributed by atoms with E-state index in [2.05, 4.69) is 11.0 Å². The lowest BCUT2D eigenvalue weighted by Gasteiger charge is -2.34. The van der Waals surface area contributed by atoms with Gasteiger partial charge in [-0.15, -0.1) is 0 Å². The maximum absolute atomic E-state index is 10.5. The number of aliphatic hydroxyl groups is 1. The third-order valence-electron chi connectivity index (χ3n) is 4.97. The van der Waals surface area contributed by atoms with Gasteiger partial charge in [0.2, 0.25) is 5.75 Å². The van der Waals surface area contributed by atoms with Gasteiger partial charge in [-0.2, -0.15) is 0 Å². The first-order valence-corrected chi connectivity index (χ1v) is 9.84. The van der Waals surface area contributed by atoms with Crippen molar-refractivity contribution < 1.29 is 24.2 Å². The van der Waals surface area contributed by atoms with Crippen LogP contribution >= 0.6 is 11.6 Å². The Bertz CT molecular complexity index is 744. The molecular formula is C21H28ClN2O4+. The Morgan fingerprint density at radius 3 is 2.32 bits per heavy atom. The van der Waals surface area contributed by atoms with Gasteiger partial charge in [0.15, 0.2) is 11.5 Å². The highest BCUT2D eigenvalue weighted by atomic mass is 35.5. The number of methoxy groups -OCH3 is 2. The van der Waals surface area contributed by atoms with E-state index in [9.17, 15) is 5.11 Å². The van der Waals surface area contributed by atoms with Gasteiger partial charge in [-0.25, -0.2) is 0 Å². The summed E-state index contributed by atoms with van der Waals surface area (Å²) < 4.78 is 16.5. The fourth-order valence-corrected chi connectivity index (χ4v) is 3.67. The van der Waals surface area contributed by atoms with Crippen LogP contribution < -0.4 is 24.0 Å². The molecule has 2 aromatic rings. The van der Waals surface area contributed by atoms with Crippen LogP contribution in [0.15, 0.2) is 42.5 Å². The molecule has 1 fully saturated rings. The topological polar surface area (TPSA) is 55.6 Å². The van der Waals surface area contributed by atoms with Crippen molar-refractivity contribution in [1.29, 1.82) is 0 Å². The van der Waals surface area contributed by atoms with E-state index >= 15 is 0 Å². The van der Waals surface area contributed by atoms with Gasteiger partial charge in [0, 0.05) is 10.7 Å². The summed E-state index contributed by atoms with van der Waals surface area (Å²) in [7, 11) is 3.17. The zero-order chi connectivity index (χ0) is 19.9. The Labute approximate surface area is 171 Å². The van der Waals surface area contributed by atoms with E-state index in [0.29, 0.717) is 23.8 Å². The second-order valence-corrected chi connectivity index (χ2v) is 7.31. The normalized spacial score (nSPS) is 15.9. The van der Waals surface area contributed by atoms with Gasteiger partial charge in [-0.05, 0) is 30.3 Å². The molecule has 152 valence electrons.